The molecule has 4 heterocycles. The van der Waals surface area contributed by atoms with Crippen molar-refractivity contribution < 1.29 is 9.26 Å². The molecule has 0 N–H and O–H groups in total. The minimum absolute atomic E-state index is 0.150. The van der Waals surface area contributed by atoms with Crippen molar-refractivity contribution in [3.05, 3.63) is 41.1 Å². The van der Waals surface area contributed by atoms with Gasteiger partial charge in [-0.15, -0.1) is 0 Å². The fourth-order valence-electron chi connectivity index (χ4n) is 3.98. The molecule has 0 saturated carbocycles. The normalized spacial score (nSPS) is 15.8. The molecule has 3 aromatic heterocycles. The van der Waals surface area contributed by atoms with E-state index in [4.69, 9.17) is 9.26 Å². The molecular weight excluding hydrogens is 380 g/mol. The Labute approximate surface area is 177 Å². The van der Waals surface area contributed by atoms with Gasteiger partial charge in [-0.05, 0) is 52.7 Å². The number of aryl methyl sites for hydroxylation is 2. The lowest BCUT2D eigenvalue weighted by Crippen LogP contribution is -2.41. The highest BCUT2D eigenvalue weighted by molar-refractivity contribution is 5.59. The summed E-state index contributed by atoms with van der Waals surface area (Å²) in [5, 5.41) is 8.65. The van der Waals surface area contributed by atoms with Crippen LogP contribution in [0.25, 0.3) is 11.5 Å². The van der Waals surface area contributed by atoms with Crippen LogP contribution in [-0.2, 0) is 13.5 Å². The van der Waals surface area contributed by atoms with Crippen molar-refractivity contribution in [1.82, 2.24) is 29.8 Å². The summed E-state index contributed by atoms with van der Waals surface area (Å²) in [6, 6.07) is 4.35. The summed E-state index contributed by atoms with van der Waals surface area (Å²) in [5.41, 5.74) is 3.96. The van der Waals surface area contributed by atoms with Crippen LogP contribution in [0.2, 0.25) is 0 Å². The molecule has 0 radical (unpaired) electrons. The van der Waals surface area contributed by atoms with E-state index < -0.39 is 0 Å². The zero-order valence-electron chi connectivity index (χ0n) is 18.4. The number of aromatic nitrogens is 5. The minimum Gasteiger partial charge on any atom is -0.474 e. The lowest BCUT2D eigenvalue weighted by molar-refractivity contribution is 0.0815. The zero-order valence-corrected chi connectivity index (χ0v) is 18.4. The van der Waals surface area contributed by atoms with E-state index >= 15 is 0 Å². The summed E-state index contributed by atoms with van der Waals surface area (Å²) in [6.45, 7) is 10.6. The van der Waals surface area contributed by atoms with Crippen molar-refractivity contribution in [2.24, 2.45) is 7.05 Å². The Morgan fingerprint density at radius 3 is 2.67 bits per heavy atom. The molecule has 160 valence electrons. The molecule has 0 atom stereocenters. The molecule has 0 spiro atoms. The van der Waals surface area contributed by atoms with Crippen LogP contribution in [0.4, 0.5) is 0 Å². The average molecular weight is 411 g/mol. The predicted octanol–water partition coefficient (Wildman–Crippen LogP) is 3.32. The number of piperidine rings is 1. The third kappa shape index (κ3) is 4.23. The van der Waals surface area contributed by atoms with Gasteiger partial charge >= 0.3 is 0 Å². The van der Waals surface area contributed by atoms with Crippen LogP contribution < -0.4 is 4.74 Å². The molecule has 8 nitrogen and oxygen atoms in total. The summed E-state index contributed by atoms with van der Waals surface area (Å²) in [4.78, 5) is 11.5. The van der Waals surface area contributed by atoms with Crippen LogP contribution in [0.1, 0.15) is 49.5 Å². The molecule has 1 fully saturated rings. The van der Waals surface area contributed by atoms with Crippen LogP contribution in [0, 0.1) is 13.8 Å². The topological polar surface area (TPSA) is 82.1 Å². The summed E-state index contributed by atoms with van der Waals surface area (Å²) in [5.74, 6) is 1.63. The van der Waals surface area contributed by atoms with E-state index in [1.165, 1.54) is 0 Å². The Bertz CT molecular complexity index is 1000. The average Bonchev–Trinajstić information content (AvgIpc) is 3.29. The van der Waals surface area contributed by atoms with E-state index in [1.807, 2.05) is 37.7 Å². The fraction of sp³-hybridized carbons (Fsp3) is 0.545. The maximum atomic E-state index is 6.26. The molecule has 0 amide bonds. The second-order valence-corrected chi connectivity index (χ2v) is 8.27. The smallest absolute Gasteiger partial charge is 0.263 e. The van der Waals surface area contributed by atoms with Gasteiger partial charge in [0.1, 0.15) is 11.7 Å². The van der Waals surface area contributed by atoms with Crippen molar-refractivity contribution in [1.29, 1.82) is 0 Å². The second kappa shape index (κ2) is 8.55. The van der Waals surface area contributed by atoms with Crippen LogP contribution in [0.5, 0.6) is 5.88 Å². The molecule has 30 heavy (non-hydrogen) atoms. The second-order valence-electron chi connectivity index (χ2n) is 8.27. The molecule has 1 aliphatic heterocycles. The van der Waals surface area contributed by atoms with Crippen LogP contribution >= 0.6 is 0 Å². The number of hydrogen-bond acceptors (Lipinski definition) is 7. The maximum absolute atomic E-state index is 6.26. The van der Waals surface area contributed by atoms with Gasteiger partial charge in [-0.3, -0.25) is 4.68 Å². The maximum Gasteiger partial charge on any atom is 0.263 e. The van der Waals surface area contributed by atoms with Crippen LogP contribution in [0.3, 0.4) is 0 Å². The quantitative estimate of drug-likeness (QED) is 0.616. The van der Waals surface area contributed by atoms with Gasteiger partial charge in [0.15, 0.2) is 5.82 Å². The Kier molecular flexibility index (Phi) is 5.85. The van der Waals surface area contributed by atoms with Crippen molar-refractivity contribution in [2.45, 2.75) is 59.1 Å². The number of hydrogen-bond donors (Lipinski definition) is 0. The summed E-state index contributed by atoms with van der Waals surface area (Å²) < 4.78 is 13.7. The summed E-state index contributed by atoms with van der Waals surface area (Å²) in [6.07, 6.45) is 4.45. The van der Waals surface area contributed by atoms with Gasteiger partial charge in [0.25, 0.3) is 5.89 Å². The van der Waals surface area contributed by atoms with Gasteiger partial charge in [0.2, 0.25) is 5.88 Å². The van der Waals surface area contributed by atoms with Gasteiger partial charge in [-0.25, -0.2) is 4.98 Å². The molecular formula is C22H30N6O2. The zero-order chi connectivity index (χ0) is 21.3. The monoisotopic (exact) mass is 410 g/mol. The van der Waals surface area contributed by atoms with Crippen LogP contribution in [0.15, 0.2) is 22.9 Å². The minimum atomic E-state index is 0.150. The third-order valence-corrected chi connectivity index (χ3v) is 5.95. The molecule has 0 aromatic carbocycles. The molecule has 8 heteroatoms. The Hall–Kier alpha value is -2.74. The number of pyridine rings is 1. The van der Waals surface area contributed by atoms with Gasteiger partial charge < -0.3 is 14.2 Å². The highest BCUT2D eigenvalue weighted by Crippen LogP contribution is 2.29. The van der Waals surface area contributed by atoms with Crippen molar-refractivity contribution in [3.8, 4) is 17.3 Å². The first-order chi connectivity index (χ1) is 14.4. The summed E-state index contributed by atoms with van der Waals surface area (Å²) in [7, 11) is 1.94. The molecule has 0 unspecified atom stereocenters. The third-order valence-electron chi connectivity index (χ3n) is 5.95. The predicted molar refractivity (Wildman–Crippen MR) is 113 cm³/mol. The van der Waals surface area contributed by atoms with Gasteiger partial charge in [-0.2, -0.15) is 10.1 Å². The largest absolute Gasteiger partial charge is 0.474 e. The van der Waals surface area contributed by atoms with E-state index in [0.717, 1.165) is 48.4 Å². The molecule has 4 rings (SSSR count). The van der Waals surface area contributed by atoms with Gasteiger partial charge in [0.05, 0.1) is 5.69 Å². The Balaban J connectivity index is 1.49. The van der Waals surface area contributed by atoms with Crippen molar-refractivity contribution in [3.63, 3.8) is 0 Å². The van der Waals surface area contributed by atoms with E-state index in [0.29, 0.717) is 30.1 Å². The van der Waals surface area contributed by atoms with Crippen LogP contribution in [-0.4, -0.2) is 55.0 Å². The van der Waals surface area contributed by atoms with Crippen molar-refractivity contribution >= 4 is 0 Å². The highest BCUT2D eigenvalue weighted by atomic mass is 16.5. The lowest BCUT2D eigenvalue weighted by atomic mass is 10.1. The first-order valence-corrected chi connectivity index (χ1v) is 10.6. The first kappa shape index (κ1) is 20.5. The molecule has 3 aromatic rings. The lowest BCUT2D eigenvalue weighted by Gasteiger charge is -2.34. The number of rotatable bonds is 6. The number of nitrogens with zero attached hydrogens (tertiary/aromatic N) is 6. The highest BCUT2D eigenvalue weighted by Gasteiger charge is 2.24. The molecule has 0 aliphatic carbocycles. The van der Waals surface area contributed by atoms with E-state index in [1.54, 1.807) is 6.20 Å². The van der Waals surface area contributed by atoms with E-state index in [9.17, 15) is 0 Å². The molecule has 1 aliphatic rings. The Morgan fingerprint density at radius 1 is 1.23 bits per heavy atom. The Morgan fingerprint density at radius 2 is 2.00 bits per heavy atom. The number of likely N-dealkylation sites (tertiary alicyclic amines) is 1. The van der Waals surface area contributed by atoms with Gasteiger partial charge in [-0.1, -0.05) is 5.16 Å². The number of ether oxygens (including phenoxy) is 1. The summed E-state index contributed by atoms with van der Waals surface area (Å²) >= 11 is 0. The van der Waals surface area contributed by atoms with Gasteiger partial charge in [0, 0.05) is 50.1 Å². The van der Waals surface area contributed by atoms with E-state index in [2.05, 4.69) is 39.0 Å². The van der Waals surface area contributed by atoms with Crippen molar-refractivity contribution in [2.75, 3.05) is 13.1 Å². The molecule has 1 saturated heterocycles. The standard InChI is InChI=1S/C22H30N6O2/c1-14(2)28-11-8-17(9-12-28)29-21-18(7-6-10-23-21)22-24-20(26-30-22)13-19-15(3)25-27(5)16(19)4/h6-7,10,14,17H,8-9,11-13H2,1-5H3. The fourth-order valence-corrected chi connectivity index (χ4v) is 3.98. The SMILES string of the molecule is Cc1nn(C)c(C)c1Cc1noc(-c2cccnc2OC2CCN(C(C)C)CC2)n1. The first-order valence-electron chi connectivity index (χ1n) is 10.6. The molecule has 0 bridgehead atoms. The van der Waals surface area contributed by atoms with E-state index in [-0.39, 0.29) is 6.10 Å².